The molecule has 0 aliphatic carbocycles. The van der Waals surface area contributed by atoms with Gasteiger partial charge in [-0.15, -0.1) is 0 Å². The predicted octanol–water partition coefficient (Wildman–Crippen LogP) is 3.82. The van der Waals surface area contributed by atoms with E-state index < -0.39 is 20.6 Å². The molecule has 1 saturated heterocycles. The summed E-state index contributed by atoms with van der Waals surface area (Å²) in [5, 5.41) is 20.5. The Hall–Kier alpha value is -2.96. The third-order valence-corrected chi connectivity index (χ3v) is 6.42. The van der Waals surface area contributed by atoms with Gasteiger partial charge in [0.25, 0.3) is 0 Å². The summed E-state index contributed by atoms with van der Waals surface area (Å²) in [4.78, 5) is 10.7. The number of nitro benzene ring substituents is 1. The molecule has 0 N–H and O–H groups in total. The Labute approximate surface area is 163 Å². The Morgan fingerprint density at radius 2 is 1.79 bits per heavy atom. The molecule has 0 amide bonds. The van der Waals surface area contributed by atoms with Crippen LogP contribution in [0.3, 0.4) is 0 Å². The van der Waals surface area contributed by atoms with Gasteiger partial charge in [-0.2, -0.15) is 9.57 Å². The number of hydrogen-bond donors (Lipinski definition) is 0. The van der Waals surface area contributed by atoms with Gasteiger partial charge in [-0.05, 0) is 43.2 Å². The first-order chi connectivity index (χ1) is 13.4. The number of rotatable bonds is 5. The van der Waals surface area contributed by atoms with E-state index in [4.69, 9.17) is 10.00 Å². The molecule has 1 aliphatic rings. The Balaban J connectivity index is 1.94. The topological polar surface area (TPSA) is 114 Å². The molecule has 0 bridgehead atoms. The van der Waals surface area contributed by atoms with Crippen molar-refractivity contribution in [1.82, 2.24) is 4.31 Å². The Kier molecular flexibility index (Phi) is 5.92. The van der Waals surface area contributed by atoms with Gasteiger partial charge in [0.1, 0.15) is 5.75 Å². The monoisotopic (exact) mass is 401 g/mol. The van der Waals surface area contributed by atoms with E-state index in [1.165, 1.54) is 22.5 Å². The third kappa shape index (κ3) is 4.30. The van der Waals surface area contributed by atoms with Gasteiger partial charge in [0.2, 0.25) is 15.8 Å². The summed E-state index contributed by atoms with van der Waals surface area (Å²) >= 11 is 0. The highest BCUT2D eigenvalue weighted by atomic mass is 32.2. The molecule has 28 heavy (non-hydrogen) atoms. The summed E-state index contributed by atoms with van der Waals surface area (Å²) in [5.41, 5.74) is -0.0984. The average molecular weight is 401 g/mol. The molecule has 0 aromatic heterocycles. The number of nitriles is 1. The van der Waals surface area contributed by atoms with E-state index in [9.17, 15) is 18.5 Å². The molecular formula is C19H19N3O5S. The molecule has 1 heterocycles. The largest absolute Gasteiger partial charge is 0.450 e. The minimum absolute atomic E-state index is 0.0880. The molecule has 2 aromatic rings. The van der Waals surface area contributed by atoms with Gasteiger partial charge in [-0.25, -0.2) is 8.42 Å². The predicted molar refractivity (Wildman–Crippen MR) is 102 cm³/mol. The Morgan fingerprint density at radius 1 is 1.07 bits per heavy atom. The highest BCUT2D eigenvalue weighted by Crippen LogP contribution is 2.34. The van der Waals surface area contributed by atoms with Crippen molar-refractivity contribution in [2.24, 2.45) is 0 Å². The molecule has 0 radical (unpaired) electrons. The second-order valence-electron chi connectivity index (χ2n) is 6.45. The number of hydrogen-bond acceptors (Lipinski definition) is 6. The molecule has 8 nitrogen and oxygen atoms in total. The molecular weight excluding hydrogens is 382 g/mol. The van der Waals surface area contributed by atoms with Gasteiger partial charge in [-0.3, -0.25) is 10.1 Å². The van der Waals surface area contributed by atoms with E-state index in [2.05, 4.69) is 0 Å². The van der Waals surface area contributed by atoms with E-state index in [1.807, 2.05) is 6.07 Å². The normalized spacial score (nSPS) is 15.4. The first-order valence-electron chi connectivity index (χ1n) is 8.88. The van der Waals surface area contributed by atoms with Crippen molar-refractivity contribution >= 4 is 15.7 Å². The van der Waals surface area contributed by atoms with Crippen LogP contribution in [0.4, 0.5) is 5.69 Å². The number of ether oxygens (including phenoxy) is 1. The lowest BCUT2D eigenvalue weighted by Crippen LogP contribution is -2.31. The highest BCUT2D eigenvalue weighted by Gasteiger charge is 2.28. The van der Waals surface area contributed by atoms with E-state index in [0.717, 1.165) is 31.7 Å². The van der Waals surface area contributed by atoms with Gasteiger partial charge < -0.3 is 4.74 Å². The molecule has 3 rings (SSSR count). The van der Waals surface area contributed by atoms with Crippen molar-refractivity contribution < 1.29 is 18.1 Å². The second kappa shape index (κ2) is 8.37. The number of nitro groups is 1. The fraction of sp³-hybridized carbons (Fsp3) is 0.316. The van der Waals surface area contributed by atoms with Crippen molar-refractivity contribution in [2.45, 2.75) is 30.6 Å². The summed E-state index contributed by atoms with van der Waals surface area (Å²) in [6.45, 7) is 0.824. The van der Waals surface area contributed by atoms with Crippen LogP contribution in [0.5, 0.6) is 11.5 Å². The van der Waals surface area contributed by atoms with Crippen LogP contribution in [-0.2, 0) is 10.0 Å². The van der Waals surface area contributed by atoms with Crippen LogP contribution < -0.4 is 4.74 Å². The number of sulfonamides is 1. The van der Waals surface area contributed by atoms with Crippen LogP contribution in [0, 0.1) is 21.4 Å². The zero-order valence-corrected chi connectivity index (χ0v) is 15.9. The third-order valence-electron chi connectivity index (χ3n) is 4.52. The maximum absolute atomic E-state index is 12.9. The van der Waals surface area contributed by atoms with E-state index in [0.29, 0.717) is 18.7 Å². The molecule has 1 aliphatic heterocycles. The van der Waals surface area contributed by atoms with Gasteiger partial charge in [0.05, 0.1) is 21.5 Å². The van der Waals surface area contributed by atoms with Crippen molar-refractivity contribution in [3.8, 4) is 17.6 Å². The summed E-state index contributed by atoms with van der Waals surface area (Å²) in [6.07, 6.45) is 3.50. The minimum Gasteiger partial charge on any atom is -0.450 e. The van der Waals surface area contributed by atoms with Crippen LogP contribution in [0.1, 0.15) is 31.2 Å². The van der Waals surface area contributed by atoms with Crippen LogP contribution >= 0.6 is 0 Å². The van der Waals surface area contributed by atoms with Crippen LogP contribution in [0.2, 0.25) is 0 Å². The lowest BCUT2D eigenvalue weighted by molar-refractivity contribution is -0.385. The van der Waals surface area contributed by atoms with Crippen molar-refractivity contribution in [3.05, 3.63) is 58.1 Å². The Morgan fingerprint density at radius 3 is 2.43 bits per heavy atom. The number of nitrogens with zero attached hydrogens (tertiary/aromatic N) is 3. The van der Waals surface area contributed by atoms with Crippen LogP contribution in [0.25, 0.3) is 0 Å². The molecule has 0 atom stereocenters. The lowest BCUT2D eigenvalue weighted by atomic mass is 10.2. The highest BCUT2D eigenvalue weighted by molar-refractivity contribution is 7.89. The van der Waals surface area contributed by atoms with E-state index in [1.54, 1.807) is 18.2 Å². The van der Waals surface area contributed by atoms with Gasteiger partial charge in [-0.1, -0.05) is 18.9 Å². The van der Waals surface area contributed by atoms with E-state index >= 15 is 0 Å². The summed E-state index contributed by atoms with van der Waals surface area (Å²) in [6, 6.07) is 11.8. The standard InChI is InChI=1S/C19H19N3O5S/c20-14-15-6-5-7-16(12-15)27-19-9-8-17(13-18(19)22(23)24)28(25,26)21-10-3-1-2-4-11-21/h5-9,12-13H,1-4,10-11H2. The Bertz CT molecular complexity index is 1020. The first-order valence-corrected chi connectivity index (χ1v) is 10.3. The lowest BCUT2D eigenvalue weighted by Gasteiger charge is -2.20. The molecule has 0 unspecified atom stereocenters. The van der Waals surface area contributed by atoms with Gasteiger partial charge >= 0.3 is 5.69 Å². The quantitative estimate of drug-likeness (QED) is 0.556. The molecule has 1 fully saturated rings. The maximum Gasteiger partial charge on any atom is 0.312 e. The van der Waals surface area contributed by atoms with Crippen molar-refractivity contribution in [1.29, 1.82) is 5.26 Å². The van der Waals surface area contributed by atoms with Crippen LogP contribution in [-0.4, -0.2) is 30.7 Å². The zero-order chi connectivity index (χ0) is 20.1. The summed E-state index contributed by atoms with van der Waals surface area (Å²) in [7, 11) is -3.81. The summed E-state index contributed by atoms with van der Waals surface area (Å²) < 4.78 is 32.7. The number of benzene rings is 2. The molecule has 9 heteroatoms. The van der Waals surface area contributed by atoms with Crippen molar-refractivity contribution in [2.75, 3.05) is 13.1 Å². The maximum atomic E-state index is 12.9. The average Bonchev–Trinajstić information content (AvgIpc) is 2.98. The fourth-order valence-electron chi connectivity index (χ4n) is 3.07. The summed E-state index contributed by atoms with van der Waals surface area (Å²) in [5.74, 6) is 0.167. The van der Waals surface area contributed by atoms with Gasteiger partial charge in [0, 0.05) is 19.2 Å². The molecule has 146 valence electrons. The molecule has 2 aromatic carbocycles. The fourth-order valence-corrected chi connectivity index (χ4v) is 4.61. The zero-order valence-electron chi connectivity index (χ0n) is 15.1. The van der Waals surface area contributed by atoms with Crippen molar-refractivity contribution in [3.63, 3.8) is 0 Å². The second-order valence-corrected chi connectivity index (χ2v) is 8.38. The SMILES string of the molecule is N#Cc1cccc(Oc2ccc(S(=O)(=O)N3CCCCCC3)cc2[N+](=O)[O-])c1. The van der Waals surface area contributed by atoms with Crippen LogP contribution in [0.15, 0.2) is 47.4 Å². The molecule has 0 spiro atoms. The smallest absolute Gasteiger partial charge is 0.312 e. The minimum atomic E-state index is -3.81. The molecule has 0 saturated carbocycles. The van der Waals surface area contributed by atoms with Gasteiger partial charge in [0.15, 0.2) is 0 Å². The first kappa shape index (κ1) is 19.8. The van der Waals surface area contributed by atoms with E-state index in [-0.39, 0.29) is 16.4 Å².